The first-order valence-corrected chi connectivity index (χ1v) is 7.35. The molecule has 0 unspecified atom stereocenters. The summed E-state index contributed by atoms with van der Waals surface area (Å²) in [6.07, 6.45) is 1.61. The lowest BCUT2D eigenvalue weighted by Gasteiger charge is -2.00. The number of rotatable bonds is 4. The minimum atomic E-state index is 0.291. The van der Waals surface area contributed by atoms with E-state index in [0.29, 0.717) is 23.5 Å². The number of ether oxygens (including phenoxy) is 2. The molecule has 0 saturated carbocycles. The zero-order chi connectivity index (χ0) is 14.1. The third-order valence-corrected chi connectivity index (χ3v) is 3.94. The lowest BCUT2D eigenvalue weighted by Crippen LogP contribution is -1.92. The van der Waals surface area contributed by atoms with E-state index in [1.165, 1.54) is 0 Å². The molecule has 0 spiro atoms. The largest absolute Gasteiger partial charge is 0.461 e. The molecule has 21 heavy (non-hydrogen) atoms. The summed E-state index contributed by atoms with van der Waals surface area (Å²) in [5, 5.41) is 7.72. The highest BCUT2D eigenvalue weighted by molar-refractivity contribution is 7.98. The topological polar surface area (TPSA) is 73.2 Å². The molecule has 0 atom stereocenters. The van der Waals surface area contributed by atoms with E-state index in [2.05, 4.69) is 15.2 Å². The summed E-state index contributed by atoms with van der Waals surface area (Å²) in [5.74, 6) is 3.65. The van der Waals surface area contributed by atoms with Gasteiger partial charge in [-0.1, -0.05) is 17.8 Å². The van der Waals surface area contributed by atoms with Crippen molar-refractivity contribution in [1.82, 2.24) is 15.2 Å². The van der Waals surface area contributed by atoms with Crippen LogP contribution in [0.5, 0.6) is 11.5 Å². The van der Waals surface area contributed by atoms with E-state index in [1.807, 2.05) is 30.3 Å². The second-order valence-corrected chi connectivity index (χ2v) is 5.36. The average Bonchev–Trinajstić information content (AvgIpc) is 3.24. The predicted octanol–water partition coefficient (Wildman–Crippen LogP) is 3.09. The summed E-state index contributed by atoms with van der Waals surface area (Å²) >= 11 is 1.55. The molecule has 0 aliphatic carbocycles. The van der Waals surface area contributed by atoms with E-state index in [0.717, 1.165) is 22.8 Å². The highest BCUT2D eigenvalue weighted by Crippen LogP contribution is 2.34. The number of fused-ring (bicyclic) bond motifs is 1. The first-order chi connectivity index (χ1) is 10.4. The van der Waals surface area contributed by atoms with Crippen molar-refractivity contribution in [3.63, 3.8) is 0 Å². The van der Waals surface area contributed by atoms with Crippen LogP contribution in [0.2, 0.25) is 0 Å². The van der Waals surface area contributed by atoms with Crippen molar-refractivity contribution < 1.29 is 13.9 Å². The second kappa shape index (κ2) is 5.17. The van der Waals surface area contributed by atoms with Gasteiger partial charge in [0.2, 0.25) is 11.9 Å². The van der Waals surface area contributed by atoms with Gasteiger partial charge in [-0.3, -0.25) is 5.10 Å². The maximum absolute atomic E-state index is 5.36. The molecule has 1 aliphatic rings. The monoisotopic (exact) mass is 301 g/mol. The van der Waals surface area contributed by atoms with Crippen LogP contribution in [0, 0.1) is 0 Å². The number of furan rings is 1. The molecule has 1 aromatic carbocycles. The van der Waals surface area contributed by atoms with E-state index < -0.39 is 0 Å². The van der Waals surface area contributed by atoms with Gasteiger partial charge in [0.25, 0.3) is 0 Å². The Morgan fingerprint density at radius 2 is 2.14 bits per heavy atom. The number of aromatic nitrogens is 3. The Balaban J connectivity index is 1.45. The van der Waals surface area contributed by atoms with E-state index >= 15 is 0 Å². The van der Waals surface area contributed by atoms with Gasteiger partial charge in [0.15, 0.2) is 23.1 Å². The summed E-state index contributed by atoms with van der Waals surface area (Å²) < 4.78 is 15.9. The molecular weight excluding hydrogens is 290 g/mol. The number of benzene rings is 1. The zero-order valence-electron chi connectivity index (χ0n) is 10.9. The van der Waals surface area contributed by atoms with Crippen LogP contribution in [0.15, 0.2) is 46.2 Å². The standard InChI is InChI=1S/C14H11N3O3S/c1-2-11(18-5-1)13-15-14(17-16-13)21-7-9-3-4-10-12(6-9)20-8-19-10/h1-6H,7-8H2,(H,15,16,17). The molecule has 3 aromatic rings. The van der Waals surface area contributed by atoms with Crippen LogP contribution in [0.3, 0.4) is 0 Å². The van der Waals surface area contributed by atoms with Crippen molar-refractivity contribution in [2.24, 2.45) is 0 Å². The Morgan fingerprint density at radius 1 is 1.19 bits per heavy atom. The van der Waals surface area contributed by atoms with Gasteiger partial charge in [0.05, 0.1) is 6.26 Å². The molecule has 2 aromatic heterocycles. The first kappa shape index (κ1) is 12.3. The fourth-order valence-corrected chi connectivity index (χ4v) is 2.75. The maximum Gasteiger partial charge on any atom is 0.231 e. The molecular formula is C14H11N3O3S. The van der Waals surface area contributed by atoms with Crippen molar-refractivity contribution in [1.29, 1.82) is 0 Å². The number of nitrogens with one attached hydrogen (secondary N) is 1. The van der Waals surface area contributed by atoms with Crippen molar-refractivity contribution in [3.05, 3.63) is 42.2 Å². The van der Waals surface area contributed by atoms with Gasteiger partial charge in [-0.25, -0.2) is 0 Å². The average molecular weight is 301 g/mol. The SMILES string of the molecule is c1coc(-c2nc(SCc3ccc4c(c3)OCO4)n[nH]2)c1. The fraction of sp³-hybridized carbons (Fsp3) is 0.143. The van der Waals surface area contributed by atoms with Crippen molar-refractivity contribution in [2.45, 2.75) is 10.9 Å². The van der Waals surface area contributed by atoms with Crippen molar-refractivity contribution >= 4 is 11.8 Å². The Labute approximate surface area is 124 Å². The highest BCUT2D eigenvalue weighted by Gasteiger charge is 2.14. The molecule has 1 aliphatic heterocycles. The van der Waals surface area contributed by atoms with Gasteiger partial charge in [-0.2, -0.15) is 4.98 Å². The van der Waals surface area contributed by atoms with Crippen LogP contribution >= 0.6 is 11.8 Å². The summed E-state index contributed by atoms with van der Waals surface area (Å²) in [6, 6.07) is 9.57. The molecule has 0 fully saturated rings. The molecule has 7 heteroatoms. The molecule has 0 amide bonds. The summed E-state index contributed by atoms with van der Waals surface area (Å²) in [5.41, 5.74) is 1.13. The summed E-state index contributed by atoms with van der Waals surface area (Å²) in [4.78, 5) is 4.39. The van der Waals surface area contributed by atoms with E-state index in [-0.39, 0.29) is 0 Å². The molecule has 0 saturated heterocycles. The van der Waals surface area contributed by atoms with Crippen LogP contribution in [0.4, 0.5) is 0 Å². The second-order valence-electron chi connectivity index (χ2n) is 4.42. The van der Waals surface area contributed by atoms with Crippen LogP contribution in [-0.4, -0.2) is 22.0 Å². The number of hydrogen-bond donors (Lipinski definition) is 1. The summed E-state index contributed by atoms with van der Waals surface area (Å²) in [6.45, 7) is 0.291. The van der Waals surface area contributed by atoms with Gasteiger partial charge < -0.3 is 13.9 Å². The molecule has 6 nitrogen and oxygen atoms in total. The lowest BCUT2D eigenvalue weighted by atomic mass is 10.2. The quantitative estimate of drug-likeness (QED) is 0.747. The van der Waals surface area contributed by atoms with E-state index in [1.54, 1.807) is 18.0 Å². The summed E-state index contributed by atoms with van der Waals surface area (Å²) in [7, 11) is 0. The minimum absolute atomic E-state index is 0.291. The maximum atomic E-state index is 5.36. The molecule has 1 N–H and O–H groups in total. The Morgan fingerprint density at radius 3 is 3.05 bits per heavy atom. The zero-order valence-corrected chi connectivity index (χ0v) is 11.7. The minimum Gasteiger partial charge on any atom is -0.461 e. The van der Waals surface area contributed by atoms with Crippen LogP contribution < -0.4 is 9.47 Å². The Kier molecular flexibility index (Phi) is 3.04. The van der Waals surface area contributed by atoms with Crippen molar-refractivity contribution in [2.75, 3.05) is 6.79 Å². The molecule has 4 rings (SSSR count). The van der Waals surface area contributed by atoms with Gasteiger partial charge in [0, 0.05) is 5.75 Å². The van der Waals surface area contributed by atoms with Crippen molar-refractivity contribution in [3.8, 4) is 23.1 Å². The number of aromatic amines is 1. The molecule has 0 bridgehead atoms. The number of nitrogens with zero attached hydrogens (tertiary/aromatic N) is 2. The first-order valence-electron chi connectivity index (χ1n) is 6.36. The Bertz CT molecular complexity index is 755. The number of hydrogen-bond acceptors (Lipinski definition) is 6. The van der Waals surface area contributed by atoms with Crippen LogP contribution in [0.1, 0.15) is 5.56 Å². The van der Waals surface area contributed by atoms with E-state index in [4.69, 9.17) is 13.9 Å². The smallest absolute Gasteiger partial charge is 0.231 e. The molecule has 0 radical (unpaired) electrons. The fourth-order valence-electron chi connectivity index (χ4n) is 2.01. The van der Waals surface area contributed by atoms with Gasteiger partial charge in [-0.05, 0) is 29.8 Å². The Hall–Kier alpha value is -2.41. The van der Waals surface area contributed by atoms with E-state index in [9.17, 15) is 0 Å². The van der Waals surface area contributed by atoms with Gasteiger partial charge in [0.1, 0.15) is 0 Å². The number of H-pyrrole nitrogens is 1. The lowest BCUT2D eigenvalue weighted by molar-refractivity contribution is 0.174. The number of thioether (sulfide) groups is 1. The molecule has 106 valence electrons. The van der Waals surface area contributed by atoms with Crippen LogP contribution in [0.25, 0.3) is 11.6 Å². The predicted molar refractivity (Wildman–Crippen MR) is 76.2 cm³/mol. The van der Waals surface area contributed by atoms with Gasteiger partial charge >= 0.3 is 0 Å². The third-order valence-electron chi connectivity index (χ3n) is 3.02. The van der Waals surface area contributed by atoms with Gasteiger partial charge in [-0.15, -0.1) is 5.10 Å². The molecule has 3 heterocycles. The van der Waals surface area contributed by atoms with Crippen LogP contribution in [-0.2, 0) is 5.75 Å². The third kappa shape index (κ3) is 2.47. The normalized spacial score (nSPS) is 12.8. The highest BCUT2D eigenvalue weighted by atomic mass is 32.2.